The highest BCUT2D eigenvalue weighted by molar-refractivity contribution is 5.92. The van der Waals surface area contributed by atoms with Gasteiger partial charge in [-0.1, -0.05) is 12.1 Å². The average molecular weight is 273 g/mol. The van der Waals surface area contributed by atoms with E-state index in [9.17, 15) is 4.79 Å². The Hall–Kier alpha value is -2.21. The van der Waals surface area contributed by atoms with Crippen LogP contribution in [0.1, 0.15) is 18.3 Å². The van der Waals surface area contributed by atoms with Gasteiger partial charge in [0.2, 0.25) is 5.91 Å². The second kappa shape index (κ2) is 6.81. The summed E-state index contributed by atoms with van der Waals surface area (Å²) in [4.78, 5) is 11.8. The summed E-state index contributed by atoms with van der Waals surface area (Å²) < 4.78 is 1.94. The molecule has 0 fully saturated rings. The molecule has 0 atom stereocenters. The summed E-state index contributed by atoms with van der Waals surface area (Å²) in [6, 6.07) is 7.72. The van der Waals surface area contributed by atoms with Crippen LogP contribution >= 0.6 is 0 Å². The molecule has 2 rings (SSSR count). The molecule has 0 radical (unpaired) electrons. The number of hydrogen-bond donors (Lipinski definition) is 2. The third-order valence-electron chi connectivity index (χ3n) is 2.91. The smallest absolute Gasteiger partial charge is 0.238 e. The molecule has 6 heteroatoms. The van der Waals surface area contributed by atoms with Gasteiger partial charge in [0.05, 0.1) is 13.1 Å². The van der Waals surface area contributed by atoms with Crippen LogP contribution in [0.25, 0.3) is 0 Å². The summed E-state index contributed by atoms with van der Waals surface area (Å²) >= 11 is 0. The molecule has 6 nitrogen and oxygen atoms in total. The third kappa shape index (κ3) is 3.89. The SMILES string of the molecule is CCn1cnnc1CNCC(=O)Nc1cccc(C)c1. The molecule has 0 bridgehead atoms. The number of carbonyl (C=O) groups is 1. The van der Waals surface area contributed by atoms with Gasteiger partial charge in [-0.3, -0.25) is 4.79 Å². The lowest BCUT2D eigenvalue weighted by atomic mass is 10.2. The van der Waals surface area contributed by atoms with Gasteiger partial charge in [0.1, 0.15) is 12.2 Å². The molecule has 0 saturated heterocycles. The van der Waals surface area contributed by atoms with E-state index in [1.165, 1.54) is 0 Å². The van der Waals surface area contributed by atoms with Crippen LogP contribution in [0.2, 0.25) is 0 Å². The van der Waals surface area contributed by atoms with E-state index >= 15 is 0 Å². The molecule has 1 aromatic heterocycles. The van der Waals surface area contributed by atoms with E-state index in [1.54, 1.807) is 6.33 Å². The first kappa shape index (κ1) is 14.2. The van der Waals surface area contributed by atoms with Crippen molar-refractivity contribution in [1.29, 1.82) is 0 Å². The number of rotatable bonds is 6. The number of carbonyl (C=O) groups excluding carboxylic acids is 1. The zero-order valence-corrected chi connectivity index (χ0v) is 11.8. The van der Waals surface area contributed by atoms with Crippen LogP contribution in [0.5, 0.6) is 0 Å². The van der Waals surface area contributed by atoms with Crippen molar-refractivity contribution >= 4 is 11.6 Å². The molecule has 0 aliphatic heterocycles. The van der Waals surface area contributed by atoms with Gasteiger partial charge in [-0.2, -0.15) is 0 Å². The van der Waals surface area contributed by atoms with E-state index in [-0.39, 0.29) is 12.5 Å². The topological polar surface area (TPSA) is 71.8 Å². The molecule has 2 aromatic rings. The minimum absolute atomic E-state index is 0.0711. The van der Waals surface area contributed by atoms with Gasteiger partial charge in [0.25, 0.3) is 0 Å². The molecule has 0 unspecified atom stereocenters. The number of aromatic nitrogens is 3. The van der Waals surface area contributed by atoms with Crippen LogP contribution in [0.3, 0.4) is 0 Å². The maximum atomic E-state index is 11.8. The van der Waals surface area contributed by atoms with Crippen LogP contribution < -0.4 is 10.6 Å². The molecule has 0 saturated carbocycles. The van der Waals surface area contributed by atoms with E-state index in [4.69, 9.17) is 0 Å². The predicted octanol–water partition coefficient (Wildman–Crippen LogP) is 1.33. The maximum Gasteiger partial charge on any atom is 0.238 e. The molecule has 106 valence electrons. The quantitative estimate of drug-likeness (QED) is 0.833. The van der Waals surface area contributed by atoms with Crippen molar-refractivity contribution in [2.75, 3.05) is 11.9 Å². The molecule has 1 amide bonds. The fourth-order valence-electron chi connectivity index (χ4n) is 1.90. The summed E-state index contributed by atoms with van der Waals surface area (Å²) in [5.74, 6) is 0.758. The van der Waals surface area contributed by atoms with Gasteiger partial charge < -0.3 is 15.2 Å². The Morgan fingerprint density at radius 3 is 3.00 bits per heavy atom. The number of aryl methyl sites for hydroxylation is 2. The zero-order chi connectivity index (χ0) is 14.4. The van der Waals surface area contributed by atoms with Crippen molar-refractivity contribution in [3.05, 3.63) is 42.0 Å². The van der Waals surface area contributed by atoms with Crippen molar-refractivity contribution in [3.63, 3.8) is 0 Å². The molecule has 1 aromatic carbocycles. The molecule has 0 aliphatic carbocycles. The van der Waals surface area contributed by atoms with E-state index in [2.05, 4.69) is 20.8 Å². The fraction of sp³-hybridized carbons (Fsp3) is 0.357. The highest BCUT2D eigenvalue weighted by Crippen LogP contribution is 2.08. The van der Waals surface area contributed by atoms with E-state index in [1.807, 2.05) is 42.7 Å². The van der Waals surface area contributed by atoms with Crippen molar-refractivity contribution in [1.82, 2.24) is 20.1 Å². The van der Waals surface area contributed by atoms with Gasteiger partial charge in [-0.05, 0) is 31.5 Å². The van der Waals surface area contributed by atoms with Gasteiger partial charge in [-0.15, -0.1) is 10.2 Å². The minimum atomic E-state index is -0.0711. The molecule has 0 spiro atoms. The Bertz CT molecular complexity index is 578. The summed E-state index contributed by atoms with van der Waals surface area (Å²) in [7, 11) is 0. The van der Waals surface area contributed by atoms with Crippen LogP contribution in [0.4, 0.5) is 5.69 Å². The van der Waals surface area contributed by atoms with Gasteiger partial charge >= 0.3 is 0 Å². The van der Waals surface area contributed by atoms with Crippen molar-refractivity contribution < 1.29 is 4.79 Å². The Morgan fingerprint density at radius 1 is 1.40 bits per heavy atom. The number of hydrogen-bond acceptors (Lipinski definition) is 4. The summed E-state index contributed by atoms with van der Waals surface area (Å²) in [5.41, 5.74) is 1.93. The van der Waals surface area contributed by atoms with E-state index in [0.717, 1.165) is 23.6 Å². The van der Waals surface area contributed by atoms with Crippen molar-refractivity contribution in [2.24, 2.45) is 0 Å². The Morgan fingerprint density at radius 2 is 2.25 bits per heavy atom. The van der Waals surface area contributed by atoms with Crippen molar-refractivity contribution in [2.45, 2.75) is 26.9 Å². The zero-order valence-electron chi connectivity index (χ0n) is 11.8. The van der Waals surface area contributed by atoms with Crippen LogP contribution in [-0.4, -0.2) is 27.2 Å². The Balaban J connectivity index is 1.78. The number of nitrogens with zero attached hydrogens (tertiary/aromatic N) is 3. The highest BCUT2D eigenvalue weighted by Gasteiger charge is 2.05. The fourth-order valence-corrected chi connectivity index (χ4v) is 1.90. The minimum Gasteiger partial charge on any atom is -0.325 e. The summed E-state index contributed by atoms with van der Waals surface area (Å²) in [5, 5.41) is 13.7. The second-order valence-electron chi connectivity index (χ2n) is 4.55. The molecule has 1 heterocycles. The molecule has 2 N–H and O–H groups in total. The van der Waals surface area contributed by atoms with Crippen LogP contribution in [0.15, 0.2) is 30.6 Å². The first-order chi connectivity index (χ1) is 9.69. The van der Waals surface area contributed by atoms with Gasteiger partial charge in [-0.25, -0.2) is 0 Å². The number of benzene rings is 1. The monoisotopic (exact) mass is 273 g/mol. The Labute approximate surface area is 118 Å². The van der Waals surface area contributed by atoms with Crippen LogP contribution in [-0.2, 0) is 17.9 Å². The summed E-state index contributed by atoms with van der Waals surface area (Å²) in [6.45, 7) is 5.60. The number of amides is 1. The van der Waals surface area contributed by atoms with E-state index < -0.39 is 0 Å². The molecular formula is C14H19N5O. The van der Waals surface area contributed by atoms with Crippen LogP contribution in [0, 0.1) is 6.92 Å². The first-order valence-corrected chi connectivity index (χ1v) is 6.63. The van der Waals surface area contributed by atoms with E-state index in [0.29, 0.717) is 6.54 Å². The molecule has 0 aliphatic rings. The lowest BCUT2D eigenvalue weighted by Crippen LogP contribution is -2.28. The van der Waals surface area contributed by atoms with Gasteiger partial charge in [0, 0.05) is 12.2 Å². The number of anilines is 1. The largest absolute Gasteiger partial charge is 0.325 e. The second-order valence-corrected chi connectivity index (χ2v) is 4.55. The molecular weight excluding hydrogens is 254 g/mol. The standard InChI is InChI=1S/C14H19N5O/c1-3-19-10-16-18-13(19)8-15-9-14(20)17-12-6-4-5-11(2)7-12/h4-7,10,15H,3,8-9H2,1-2H3,(H,17,20). The third-order valence-corrected chi connectivity index (χ3v) is 2.91. The number of nitrogens with one attached hydrogen (secondary N) is 2. The highest BCUT2D eigenvalue weighted by atomic mass is 16.1. The average Bonchev–Trinajstić information content (AvgIpc) is 2.86. The lowest BCUT2D eigenvalue weighted by molar-refractivity contribution is -0.115. The van der Waals surface area contributed by atoms with Gasteiger partial charge in [0.15, 0.2) is 0 Å². The molecule has 20 heavy (non-hydrogen) atoms. The summed E-state index contributed by atoms with van der Waals surface area (Å²) in [6.07, 6.45) is 1.68. The maximum absolute atomic E-state index is 11.8. The first-order valence-electron chi connectivity index (χ1n) is 6.63. The lowest BCUT2D eigenvalue weighted by Gasteiger charge is -2.07. The Kier molecular flexibility index (Phi) is 4.84. The normalized spacial score (nSPS) is 10.5. The van der Waals surface area contributed by atoms with Crippen molar-refractivity contribution in [3.8, 4) is 0 Å². The predicted molar refractivity (Wildman–Crippen MR) is 77.2 cm³/mol.